The van der Waals surface area contributed by atoms with Crippen LogP contribution in [0.2, 0.25) is 0 Å². The third-order valence-corrected chi connectivity index (χ3v) is 4.05. The Balaban J connectivity index is 1.86. The predicted octanol–water partition coefficient (Wildman–Crippen LogP) is 1.03. The summed E-state index contributed by atoms with van der Waals surface area (Å²) >= 11 is 0. The standard InChI is InChI=1S/C13H23NO3/c1-10(11-3-4-11)12(15)14(2)9-13(16)5-7-17-8-6-13/h10-11,16H,3-9H2,1-2H3. The first-order valence-electron chi connectivity index (χ1n) is 6.57. The van der Waals surface area contributed by atoms with Gasteiger partial charge in [0.2, 0.25) is 5.91 Å². The molecule has 1 unspecified atom stereocenters. The van der Waals surface area contributed by atoms with Crippen molar-refractivity contribution in [2.45, 2.75) is 38.2 Å². The number of nitrogens with zero attached hydrogens (tertiary/aromatic N) is 1. The summed E-state index contributed by atoms with van der Waals surface area (Å²) in [6.07, 6.45) is 3.61. The summed E-state index contributed by atoms with van der Waals surface area (Å²) in [6, 6.07) is 0. The second kappa shape index (κ2) is 4.94. The van der Waals surface area contributed by atoms with Crippen LogP contribution in [0, 0.1) is 11.8 Å². The third kappa shape index (κ3) is 3.19. The van der Waals surface area contributed by atoms with Gasteiger partial charge < -0.3 is 14.7 Å². The molecule has 0 spiro atoms. The summed E-state index contributed by atoms with van der Waals surface area (Å²) in [5, 5.41) is 10.4. The highest BCUT2D eigenvalue weighted by molar-refractivity contribution is 5.78. The fourth-order valence-electron chi connectivity index (χ4n) is 2.57. The monoisotopic (exact) mass is 241 g/mol. The summed E-state index contributed by atoms with van der Waals surface area (Å²) in [5.74, 6) is 0.866. The van der Waals surface area contributed by atoms with Crippen LogP contribution in [0.4, 0.5) is 0 Å². The van der Waals surface area contributed by atoms with Gasteiger partial charge in [-0.15, -0.1) is 0 Å². The molecule has 17 heavy (non-hydrogen) atoms. The lowest BCUT2D eigenvalue weighted by Gasteiger charge is -2.36. The van der Waals surface area contributed by atoms with Gasteiger partial charge in [0.05, 0.1) is 5.60 Å². The molecule has 0 bridgehead atoms. The van der Waals surface area contributed by atoms with Crippen LogP contribution in [-0.2, 0) is 9.53 Å². The first-order valence-corrected chi connectivity index (χ1v) is 6.57. The van der Waals surface area contributed by atoms with Crippen LogP contribution in [0.15, 0.2) is 0 Å². The Labute approximate surface area is 103 Å². The quantitative estimate of drug-likeness (QED) is 0.800. The number of amides is 1. The molecule has 1 amide bonds. The van der Waals surface area contributed by atoms with Gasteiger partial charge >= 0.3 is 0 Å². The van der Waals surface area contributed by atoms with Gasteiger partial charge in [-0.1, -0.05) is 6.92 Å². The van der Waals surface area contributed by atoms with E-state index in [-0.39, 0.29) is 11.8 Å². The Morgan fingerprint density at radius 3 is 2.59 bits per heavy atom. The zero-order valence-corrected chi connectivity index (χ0v) is 10.8. The van der Waals surface area contributed by atoms with Crippen molar-refractivity contribution in [2.75, 3.05) is 26.8 Å². The van der Waals surface area contributed by atoms with E-state index in [9.17, 15) is 9.90 Å². The van der Waals surface area contributed by atoms with E-state index in [2.05, 4.69) is 0 Å². The van der Waals surface area contributed by atoms with Crippen molar-refractivity contribution in [3.05, 3.63) is 0 Å². The Kier molecular flexibility index (Phi) is 3.73. The Bertz CT molecular complexity index is 282. The van der Waals surface area contributed by atoms with Crippen molar-refractivity contribution >= 4 is 5.91 Å². The Morgan fingerprint density at radius 2 is 2.06 bits per heavy atom. The summed E-state index contributed by atoms with van der Waals surface area (Å²) in [7, 11) is 1.80. The van der Waals surface area contributed by atoms with Gasteiger partial charge in [-0.25, -0.2) is 0 Å². The smallest absolute Gasteiger partial charge is 0.225 e. The molecule has 2 rings (SSSR count). The fourth-order valence-corrected chi connectivity index (χ4v) is 2.57. The lowest BCUT2D eigenvalue weighted by Crippen LogP contribution is -2.48. The molecule has 98 valence electrons. The third-order valence-electron chi connectivity index (χ3n) is 4.05. The van der Waals surface area contributed by atoms with Crippen molar-refractivity contribution in [3.63, 3.8) is 0 Å². The summed E-state index contributed by atoms with van der Waals surface area (Å²) in [6.45, 7) is 3.63. The maximum Gasteiger partial charge on any atom is 0.225 e. The summed E-state index contributed by atoms with van der Waals surface area (Å²) in [5.41, 5.74) is -0.744. The van der Waals surface area contributed by atoms with E-state index in [0.29, 0.717) is 38.5 Å². The van der Waals surface area contributed by atoms with E-state index in [4.69, 9.17) is 4.74 Å². The predicted molar refractivity (Wildman–Crippen MR) is 64.5 cm³/mol. The van der Waals surface area contributed by atoms with E-state index in [1.165, 1.54) is 12.8 Å². The average Bonchev–Trinajstić information content (AvgIpc) is 3.11. The van der Waals surface area contributed by atoms with Crippen LogP contribution in [-0.4, -0.2) is 48.3 Å². The minimum Gasteiger partial charge on any atom is -0.388 e. The highest BCUT2D eigenvalue weighted by atomic mass is 16.5. The molecule has 4 nitrogen and oxygen atoms in total. The minimum atomic E-state index is -0.744. The molecule has 1 atom stereocenters. The van der Waals surface area contributed by atoms with Crippen molar-refractivity contribution in [1.82, 2.24) is 4.90 Å². The van der Waals surface area contributed by atoms with Gasteiger partial charge in [-0.05, 0) is 18.8 Å². The number of carbonyl (C=O) groups is 1. The number of ether oxygens (including phenoxy) is 1. The number of rotatable bonds is 4. The van der Waals surface area contributed by atoms with Crippen LogP contribution in [0.3, 0.4) is 0 Å². The first kappa shape index (κ1) is 12.8. The fraction of sp³-hybridized carbons (Fsp3) is 0.923. The van der Waals surface area contributed by atoms with Crippen molar-refractivity contribution in [1.29, 1.82) is 0 Å². The summed E-state index contributed by atoms with van der Waals surface area (Å²) < 4.78 is 5.24. The van der Waals surface area contributed by atoms with Crippen LogP contribution in [0.1, 0.15) is 32.6 Å². The van der Waals surface area contributed by atoms with Crippen LogP contribution in [0.5, 0.6) is 0 Å². The maximum absolute atomic E-state index is 12.1. The number of hydrogen-bond donors (Lipinski definition) is 1. The van der Waals surface area contributed by atoms with Crippen molar-refractivity contribution in [3.8, 4) is 0 Å². The molecular formula is C13H23NO3. The first-order chi connectivity index (χ1) is 8.02. The van der Waals surface area contributed by atoms with E-state index >= 15 is 0 Å². The molecule has 0 aromatic rings. The van der Waals surface area contributed by atoms with Gasteiger partial charge in [-0.3, -0.25) is 4.79 Å². The van der Waals surface area contributed by atoms with Gasteiger partial charge in [-0.2, -0.15) is 0 Å². The molecule has 2 aliphatic rings. The largest absolute Gasteiger partial charge is 0.388 e. The number of likely N-dealkylation sites (N-methyl/N-ethyl adjacent to an activating group) is 1. The Morgan fingerprint density at radius 1 is 1.47 bits per heavy atom. The number of hydrogen-bond acceptors (Lipinski definition) is 3. The number of carbonyl (C=O) groups excluding carboxylic acids is 1. The zero-order chi connectivity index (χ0) is 12.5. The van der Waals surface area contributed by atoms with Gasteiger partial charge in [0.1, 0.15) is 0 Å². The molecular weight excluding hydrogens is 218 g/mol. The van der Waals surface area contributed by atoms with E-state index in [1.807, 2.05) is 6.92 Å². The molecule has 0 aromatic heterocycles. The summed E-state index contributed by atoms with van der Waals surface area (Å²) in [4.78, 5) is 13.8. The molecule has 4 heteroatoms. The second-order valence-electron chi connectivity index (χ2n) is 5.66. The van der Waals surface area contributed by atoms with E-state index < -0.39 is 5.60 Å². The van der Waals surface area contributed by atoms with E-state index in [1.54, 1.807) is 11.9 Å². The molecule has 1 saturated heterocycles. The molecule has 2 fully saturated rings. The SMILES string of the molecule is CC(C(=O)N(C)CC1(O)CCOCC1)C1CC1. The zero-order valence-electron chi connectivity index (χ0n) is 10.8. The van der Waals surface area contributed by atoms with Gasteiger partial charge in [0.25, 0.3) is 0 Å². The lowest BCUT2D eigenvalue weighted by atomic mass is 9.93. The minimum absolute atomic E-state index is 0.114. The molecule has 0 aromatic carbocycles. The van der Waals surface area contributed by atoms with Crippen LogP contribution < -0.4 is 0 Å². The molecule has 1 heterocycles. The highest BCUT2D eigenvalue weighted by Crippen LogP contribution is 2.37. The van der Waals surface area contributed by atoms with Gasteiger partial charge in [0.15, 0.2) is 0 Å². The molecule has 1 saturated carbocycles. The number of aliphatic hydroxyl groups is 1. The van der Waals surface area contributed by atoms with Gasteiger partial charge in [0, 0.05) is 45.6 Å². The average molecular weight is 241 g/mol. The molecule has 1 aliphatic carbocycles. The normalized spacial score (nSPS) is 25.4. The molecule has 1 aliphatic heterocycles. The lowest BCUT2D eigenvalue weighted by molar-refractivity contribution is -0.141. The van der Waals surface area contributed by atoms with Crippen molar-refractivity contribution in [2.24, 2.45) is 11.8 Å². The maximum atomic E-state index is 12.1. The van der Waals surface area contributed by atoms with Crippen molar-refractivity contribution < 1.29 is 14.6 Å². The topological polar surface area (TPSA) is 49.8 Å². The second-order valence-corrected chi connectivity index (χ2v) is 5.66. The highest BCUT2D eigenvalue weighted by Gasteiger charge is 2.37. The van der Waals surface area contributed by atoms with Crippen LogP contribution >= 0.6 is 0 Å². The van der Waals surface area contributed by atoms with E-state index in [0.717, 1.165) is 0 Å². The van der Waals surface area contributed by atoms with Crippen LogP contribution in [0.25, 0.3) is 0 Å². The molecule has 1 N–H and O–H groups in total. The molecule has 0 radical (unpaired) electrons. The Hall–Kier alpha value is -0.610.